The molecule has 0 atom stereocenters. The van der Waals surface area contributed by atoms with Gasteiger partial charge in [0.25, 0.3) is 0 Å². The molecule has 1 nitrogen and oxygen atoms in total. The van der Waals surface area contributed by atoms with E-state index in [1.54, 1.807) is 12.1 Å². The summed E-state index contributed by atoms with van der Waals surface area (Å²) in [6.07, 6.45) is 0.889. The molecule has 94 valence electrons. The van der Waals surface area contributed by atoms with Crippen LogP contribution in [0, 0.1) is 5.82 Å². The molecule has 0 aliphatic heterocycles. The van der Waals surface area contributed by atoms with Crippen LogP contribution in [0.3, 0.4) is 0 Å². The Hall–Kier alpha value is -1.54. The smallest absolute Gasteiger partial charge is 0.123 e. The van der Waals surface area contributed by atoms with E-state index >= 15 is 0 Å². The van der Waals surface area contributed by atoms with Crippen molar-refractivity contribution in [2.75, 3.05) is 11.2 Å². The van der Waals surface area contributed by atoms with Crippen molar-refractivity contribution in [3.8, 4) is 0 Å². The van der Waals surface area contributed by atoms with Crippen LogP contribution in [0.1, 0.15) is 11.1 Å². The fourth-order valence-corrected chi connectivity index (χ4v) is 1.92. The molecule has 1 N–H and O–H groups in total. The van der Waals surface area contributed by atoms with Crippen LogP contribution in [-0.4, -0.2) is 5.88 Å². The van der Waals surface area contributed by atoms with E-state index in [0.717, 1.165) is 17.7 Å². The van der Waals surface area contributed by atoms with Crippen molar-refractivity contribution in [3.05, 3.63) is 65.5 Å². The predicted molar refractivity (Wildman–Crippen MR) is 74.6 cm³/mol. The minimum absolute atomic E-state index is 0.204. The standard InChI is InChI=1S/C15H15ClFN/c16-10-9-12-3-7-15(8-4-12)18-11-13-1-5-14(17)6-2-13/h1-8,18H,9-11H2. The van der Waals surface area contributed by atoms with Crippen LogP contribution < -0.4 is 5.32 Å². The van der Waals surface area contributed by atoms with Gasteiger partial charge in [-0.05, 0) is 41.8 Å². The Labute approximate surface area is 112 Å². The Balaban J connectivity index is 1.91. The summed E-state index contributed by atoms with van der Waals surface area (Å²) in [6, 6.07) is 14.7. The zero-order valence-corrected chi connectivity index (χ0v) is 10.8. The second-order valence-electron chi connectivity index (χ2n) is 4.12. The predicted octanol–water partition coefficient (Wildman–Crippen LogP) is 4.22. The van der Waals surface area contributed by atoms with Gasteiger partial charge in [0.2, 0.25) is 0 Å². The second-order valence-corrected chi connectivity index (χ2v) is 4.49. The highest BCUT2D eigenvalue weighted by molar-refractivity contribution is 6.17. The van der Waals surface area contributed by atoms with E-state index in [1.165, 1.54) is 17.7 Å². The van der Waals surface area contributed by atoms with Gasteiger partial charge in [-0.3, -0.25) is 0 Å². The molecule has 0 aromatic heterocycles. The lowest BCUT2D eigenvalue weighted by atomic mass is 10.1. The molecule has 0 saturated carbocycles. The van der Waals surface area contributed by atoms with Crippen molar-refractivity contribution in [2.24, 2.45) is 0 Å². The summed E-state index contributed by atoms with van der Waals surface area (Å²) in [5, 5.41) is 3.29. The molecule has 0 heterocycles. The van der Waals surface area contributed by atoms with Gasteiger partial charge in [-0.25, -0.2) is 4.39 Å². The maximum absolute atomic E-state index is 12.7. The monoisotopic (exact) mass is 263 g/mol. The average molecular weight is 264 g/mol. The summed E-state index contributed by atoms with van der Waals surface area (Å²) in [5.41, 5.74) is 3.34. The molecule has 0 unspecified atom stereocenters. The first-order valence-electron chi connectivity index (χ1n) is 5.91. The third kappa shape index (κ3) is 3.74. The number of aryl methyl sites for hydroxylation is 1. The van der Waals surface area contributed by atoms with E-state index in [0.29, 0.717) is 12.4 Å². The lowest BCUT2D eigenvalue weighted by Crippen LogP contribution is -1.99. The number of benzene rings is 2. The Bertz CT molecular complexity index is 479. The molecule has 0 spiro atoms. The highest BCUT2D eigenvalue weighted by Crippen LogP contribution is 2.12. The number of alkyl halides is 1. The lowest BCUT2D eigenvalue weighted by molar-refractivity contribution is 0.627. The third-order valence-corrected chi connectivity index (χ3v) is 2.94. The fraction of sp³-hybridized carbons (Fsp3) is 0.200. The van der Waals surface area contributed by atoms with Crippen molar-refractivity contribution in [1.82, 2.24) is 0 Å². The molecular weight excluding hydrogens is 249 g/mol. The lowest BCUT2D eigenvalue weighted by Gasteiger charge is -2.07. The van der Waals surface area contributed by atoms with Crippen molar-refractivity contribution in [1.29, 1.82) is 0 Å². The van der Waals surface area contributed by atoms with Crippen LogP contribution in [0.4, 0.5) is 10.1 Å². The van der Waals surface area contributed by atoms with Gasteiger partial charge in [0.1, 0.15) is 5.82 Å². The molecule has 0 radical (unpaired) electrons. The molecule has 0 aliphatic carbocycles. The minimum atomic E-state index is -0.204. The van der Waals surface area contributed by atoms with E-state index in [1.807, 2.05) is 12.1 Å². The van der Waals surface area contributed by atoms with Gasteiger partial charge in [-0.15, -0.1) is 11.6 Å². The normalized spacial score (nSPS) is 10.3. The van der Waals surface area contributed by atoms with Crippen molar-refractivity contribution in [3.63, 3.8) is 0 Å². The van der Waals surface area contributed by atoms with Crippen LogP contribution in [0.2, 0.25) is 0 Å². The number of anilines is 1. The first kappa shape index (κ1) is 12.9. The Morgan fingerprint density at radius 3 is 2.11 bits per heavy atom. The number of hydrogen-bond donors (Lipinski definition) is 1. The minimum Gasteiger partial charge on any atom is -0.381 e. The van der Waals surface area contributed by atoms with Gasteiger partial charge < -0.3 is 5.32 Å². The fourth-order valence-electron chi connectivity index (χ4n) is 1.70. The molecule has 3 heteroatoms. The Morgan fingerprint density at radius 2 is 1.50 bits per heavy atom. The summed E-state index contributed by atoms with van der Waals surface area (Å²) in [5.74, 6) is 0.437. The number of hydrogen-bond acceptors (Lipinski definition) is 1. The zero-order valence-electron chi connectivity index (χ0n) is 10.00. The summed E-state index contributed by atoms with van der Waals surface area (Å²) in [7, 11) is 0. The molecule has 0 fully saturated rings. The molecule has 18 heavy (non-hydrogen) atoms. The van der Waals surface area contributed by atoms with Gasteiger partial charge in [-0.2, -0.15) is 0 Å². The summed E-state index contributed by atoms with van der Waals surface area (Å²) in [4.78, 5) is 0. The molecule has 2 aromatic carbocycles. The van der Waals surface area contributed by atoms with Gasteiger partial charge >= 0.3 is 0 Å². The second kappa shape index (κ2) is 6.41. The third-order valence-electron chi connectivity index (χ3n) is 2.75. The van der Waals surface area contributed by atoms with Crippen LogP contribution >= 0.6 is 11.6 Å². The zero-order chi connectivity index (χ0) is 12.8. The van der Waals surface area contributed by atoms with E-state index in [2.05, 4.69) is 17.4 Å². The molecule has 2 rings (SSSR count). The van der Waals surface area contributed by atoms with Crippen LogP contribution in [0.25, 0.3) is 0 Å². The number of rotatable bonds is 5. The maximum atomic E-state index is 12.7. The van der Waals surface area contributed by atoms with Crippen LogP contribution in [-0.2, 0) is 13.0 Å². The summed E-state index contributed by atoms with van der Waals surface area (Å²) in [6.45, 7) is 0.690. The number of halogens is 2. The van der Waals surface area contributed by atoms with Crippen LogP contribution in [0.5, 0.6) is 0 Å². The highest BCUT2D eigenvalue weighted by atomic mass is 35.5. The van der Waals surface area contributed by atoms with E-state index in [9.17, 15) is 4.39 Å². The van der Waals surface area contributed by atoms with Crippen molar-refractivity contribution >= 4 is 17.3 Å². The first-order valence-corrected chi connectivity index (χ1v) is 6.44. The van der Waals surface area contributed by atoms with Gasteiger partial charge in [-0.1, -0.05) is 24.3 Å². The van der Waals surface area contributed by atoms with Gasteiger partial charge in [0, 0.05) is 18.1 Å². The van der Waals surface area contributed by atoms with E-state index in [-0.39, 0.29) is 5.82 Å². The first-order chi connectivity index (χ1) is 8.78. The topological polar surface area (TPSA) is 12.0 Å². The quantitative estimate of drug-likeness (QED) is 0.797. The SMILES string of the molecule is Fc1ccc(CNc2ccc(CCCl)cc2)cc1. The maximum Gasteiger partial charge on any atom is 0.123 e. The molecule has 0 saturated heterocycles. The molecule has 0 bridgehead atoms. The molecule has 0 amide bonds. The number of nitrogens with one attached hydrogen (secondary N) is 1. The summed E-state index contributed by atoms with van der Waals surface area (Å²) >= 11 is 5.68. The Morgan fingerprint density at radius 1 is 0.889 bits per heavy atom. The molecule has 0 aliphatic rings. The van der Waals surface area contributed by atoms with Gasteiger partial charge in [0.15, 0.2) is 0 Å². The highest BCUT2D eigenvalue weighted by Gasteiger charge is 1.96. The summed E-state index contributed by atoms with van der Waals surface area (Å²) < 4.78 is 12.7. The molecule has 2 aromatic rings. The average Bonchev–Trinajstić information content (AvgIpc) is 2.40. The van der Waals surface area contributed by atoms with Gasteiger partial charge in [0.05, 0.1) is 0 Å². The van der Waals surface area contributed by atoms with Crippen molar-refractivity contribution in [2.45, 2.75) is 13.0 Å². The van der Waals surface area contributed by atoms with E-state index in [4.69, 9.17) is 11.6 Å². The molecular formula is C15H15ClFN. The largest absolute Gasteiger partial charge is 0.381 e. The van der Waals surface area contributed by atoms with Crippen LogP contribution in [0.15, 0.2) is 48.5 Å². The Kier molecular flexibility index (Phi) is 4.59. The van der Waals surface area contributed by atoms with E-state index < -0.39 is 0 Å². The van der Waals surface area contributed by atoms with Crippen molar-refractivity contribution < 1.29 is 4.39 Å².